The molecule has 0 spiro atoms. The van der Waals surface area contributed by atoms with Crippen molar-refractivity contribution < 1.29 is 0 Å². The zero-order chi connectivity index (χ0) is 10.1. The second-order valence-electron chi connectivity index (χ2n) is 2.99. The lowest BCUT2D eigenvalue weighted by molar-refractivity contribution is 0.904. The van der Waals surface area contributed by atoms with Gasteiger partial charge in [-0.1, -0.05) is 11.6 Å². The molecule has 14 heavy (non-hydrogen) atoms. The van der Waals surface area contributed by atoms with Gasteiger partial charge in [0.2, 0.25) is 0 Å². The van der Waals surface area contributed by atoms with Gasteiger partial charge in [0.1, 0.15) is 0 Å². The van der Waals surface area contributed by atoms with Gasteiger partial charge in [0, 0.05) is 24.5 Å². The lowest BCUT2D eigenvalue weighted by Crippen LogP contribution is -2.04. The molecular formula is C9H9BrClN3. The van der Waals surface area contributed by atoms with Crippen molar-refractivity contribution in [1.29, 1.82) is 0 Å². The zero-order valence-corrected chi connectivity index (χ0v) is 9.72. The first-order chi connectivity index (χ1) is 6.72. The minimum atomic E-state index is 0.609. The van der Waals surface area contributed by atoms with E-state index in [1.165, 1.54) is 0 Å². The second-order valence-corrected chi connectivity index (χ2v) is 4.28. The largest absolute Gasteiger partial charge is 0.330 e. The summed E-state index contributed by atoms with van der Waals surface area (Å²) in [6, 6.07) is 1.83. The summed E-state index contributed by atoms with van der Waals surface area (Å²) in [4.78, 5) is 4.28. The maximum Gasteiger partial charge on any atom is 0.151 e. The van der Waals surface area contributed by atoms with E-state index in [1.807, 2.05) is 22.9 Å². The summed E-state index contributed by atoms with van der Waals surface area (Å²) < 4.78 is 2.85. The molecule has 0 atom stereocenters. The predicted molar refractivity (Wildman–Crippen MR) is 60.7 cm³/mol. The topological polar surface area (TPSA) is 43.3 Å². The molecule has 0 aliphatic rings. The summed E-state index contributed by atoms with van der Waals surface area (Å²) in [7, 11) is 0. The highest BCUT2D eigenvalue weighted by molar-refractivity contribution is 9.10. The molecule has 0 saturated heterocycles. The van der Waals surface area contributed by atoms with Gasteiger partial charge in [-0.25, -0.2) is 4.98 Å². The summed E-state index contributed by atoms with van der Waals surface area (Å²) in [6.45, 7) is 0.609. The van der Waals surface area contributed by atoms with Crippen LogP contribution in [0.25, 0.3) is 5.65 Å². The van der Waals surface area contributed by atoms with Crippen molar-refractivity contribution in [1.82, 2.24) is 9.38 Å². The van der Waals surface area contributed by atoms with Crippen LogP contribution >= 0.6 is 27.5 Å². The average molecular weight is 275 g/mol. The van der Waals surface area contributed by atoms with Gasteiger partial charge in [-0.2, -0.15) is 0 Å². The van der Waals surface area contributed by atoms with E-state index in [0.717, 1.165) is 22.2 Å². The molecule has 2 heterocycles. The van der Waals surface area contributed by atoms with Crippen molar-refractivity contribution >= 4 is 33.2 Å². The van der Waals surface area contributed by atoms with Crippen molar-refractivity contribution in [2.75, 3.05) is 6.54 Å². The first-order valence-electron chi connectivity index (χ1n) is 4.23. The Morgan fingerprint density at radius 3 is 3.07 bits per heavy atom. The van der Waals surface area contributed by atoms with E-state index >= 15 is 0 Å². The maximum atomic E-state index is 5.94. The molecule has 2 aromatic heterocycles. The van der Waals surface area contributed by atoms with E-state index in [9.17, 15) is 0 Å². The lowest BCUT2D eigenvalue weighted by atomic mass is 10.3. The molecule has 2 aromatic rings. The van der Waals surface area contributed by atoms with Gasteiger partial charge in [-0.05, 0) is 28.5 Å². The third-order valence-corrected chi connectivity index (χ3v) is 2.79. The number of nitrogens with two attached hydrogens (primary N) is 1. The molecule has 0 aromatic carbocycles. The number of pyridine rings is 1. The summed E-state index contributed by atoms with van der Waals surface area (Å²) in [5, 5.41) is 0.681. The number of aromatic nitrogens is 2. The molecule has 5 heteroatoms. The standard InChI is InChI=1S/C9H9BrClN3/c10-8-3-6(11)5-14-7(1-2-12)4-13-9(8)14/h3-5H,1-2,12H2. The van der Waals surface area contributed by atoms with Gasteiger partial charge < -0.3 is 10.1 Å². The van der Waals surface area contributed by atoms with Crippen LogP contribution in [0.15, 0.2) is 22.9 Å². The van der Waals surface area contributed by atoms with E-state index in [0.29, 0.717) is 11.6 Å². The summed E-state index contributed by atoms with van der Waals surface area (Å²) in [6.07, 6.45) is 4.47. The summed E-state index contributed by atoms with van der Waals surface area (Å²) in [5.41, 5.74) is 7.45. The molecular weight excluding hydrogens is 265 g/mol. The van der Waals surface area contributed by atoms with E-state index in [1.54, 1.807) is 0 Å². The fourth-order valence-corrected chi connectivity index (χ4v) is 2.27. The number of hydrogen-bond acceptors (Lipinski definition) is 2. The fraction of sp³-hybridized carbons (Fsp3) is 0.222. The third kappa shape index (κ3) is 1.65. The highest BCUT2D eigenvalue weighted by atomic mass is 79.9. The number of rotatable bonds is 2. The molecule has 3 nitrogen and oxygen atoms in total. The second kappa shape index (κ2) is 3.88. The Labute approximate surface area is 95.0 Å². The number of imidazole rings is 1. The van der Waals surface area contributed by atoms with Crippen LogP contribution in [0.2, 0.25) is 5.02 Å². The number of fused-ring (bicyclic) bond motifs is 1. The monoisotopic (exact) mass is 273 g/mol. The van der Waals surface area contributed by atoms with Crippen LogP contribution in [-0.2, 0) is 6.42 Å². The highest BCUT2D eigenvalue weighted by Crippen LogP contribution is 2.22. The first kappa shape index (κ1) is 9.96. The number of halogens is 2. The van der Waals surface area contributed by atoms with Crippen LogP contribution in [0.1, 0.15) is 5.69 Å². The molecule has 2 rings (SSSR count). The van der Waals surface area contributed by atoms with Crippen LogP contribution in [0, 0.1) is 0 Å². The quantitative estimate of drug-likeness (QED) is 0.913. The van der Waals surface area contributed by atoms with Gasteiger partial charge >= 0.3 is 0 Å². The fourth-order valence-electron chi connectivity index (χ4n) is 1.40. The summed E-state index contributed by atoms with van der Waals surface area (Å²) in [5.74, 6) is 0. The zero-order valence-electron chi connectivity index (χ0n) is 7.37. The molecule has 0 fully saturated rings. The average Bonchev–Trinajstić information content (AvgIpc) is 2.49. The van der Waals surface area contributed by atoms with Gasteiger partial charge in [0.05, 0.1) is 9.50 Å². The normalized spacial score (nSPS) is 11.1. The van der Waals surface area contributed by atoms with Crippen LogP contribution in [-0.4, -0.2) is 15.9 Å². The Kier molecular flexibility index (Phi) is 2.76. The molecule has 0 radical (unpaired) electrons. The van der Waals surface area contributed by atoms with Gasteiger partial charge in [-0.3, -0.25) is 0 Å². The van der Waals surface area contributed by atoms with Gasteiger partial charge in [-0.15, -0.1) is 0 Å². The Balaban J connectivity index is 2.66. The highest BCUT2D eigenvalue weighted by Gasteiger charge is 2.06. The molecule has 74 valence electrons. The van der Waals surface area contributed by atoms with Crippen LogP contribution in [0.4, 0.5) is 0 Å². The van der Waals surface area contributed by atoms with E-state index in [-0.39, 0.29) is 0 Å². The number of hydrogen-bond donors (Lipinski definition) is 1. The van der Waals surface area contributed by atoms with E-state index < -0.39 is 0 Å². The van der Waals surface area contributed by atoms with Crippen LogP contribution < -0.4 is 5.73 Å². The molecule has 0 unspecified atom stereocenters. The van der Waals surface area contributed by atoms with Crippen molar-refractivity contribution in [2.45, 2.75) is 6.42 Å². The minimum absolute atomic E-state index is 0.609. The Morgan fingerprint density at radius 1 is 1.57 bits per heavy atom. The lowest BCUT2D eigenvalue weighted by Gasteiger charge is -2.01. The van der Waals surface area contributed by atoms with Crippen molar-refractivity contribution in [3.63, 3.8) is 0 Å². The smallest absolute Gasteiger partial charge is 0.151 e. The molecule has 0 aliphatic carbocycles. The van der Waals surface area contributed by atoms with Crippen molar-refractivity contribution in [3.05, 3.63) is 33.6 Å². The van der Waals surface area contributed by atoms with Crippen LogP contribution in [0.5, 0.6) is 0 Å². The molecule has 2 N–H and O–H groups in total. The maximum absolute atomic E-state index is 5.94. The predicted octanol–water partition coefficient (Wildman–Crippen LogP) is 2.25. The minimum Gasteiger partial charge on any atom is -0.330 e. The molecule has 0 saturated carbocycles. The van der Waals surface area contributed by atoms with Gasteiger partial charge in [0.15, 0.2) is 5.65 Å². The van der Waals surface area contributed by atoms with Crippen LogP contribution in [0.3, 0.4) is 0 Å². The molecule has 0 bridgehead atoms. The Bertz CT molecular complexity index is 466. The third-order valence-electron chi connectivity index (χ3n) is 2.00. The van der Waals surface area contributed by atoms with Crippen molar-refractivity contribution in [2.24, 2.45) is 5.73 Å². The molecule has 0 aliphatic heterocycles. The first-order valence-corrected chi connectivity index (χ1v) is 5.40. The van der Waals surface area contributed by atoms with Gasteiger partial charge in [0.25, 0.3) is 0 Å². The van der Waals surface area contributed by atoms with E-state index in [4.69, 9.17) is 17.3 Å². The molecule has 0 amide bonds. The Morgan fingerprint density at radius 2 is 2.36 bits per heavy atom. The van der Waals surface area contributed by atoms with E-state index in [2.05, 4.69) is 20.9 Å². The Hall–Kier alpha value is -0.580. The summed E-state index contributed by atoms with van der Waals surface area (Å²) >= 11 is 9.36. The number of nitrogens with zero attached hydrogens (tertiary/aromatic N) is 2. The SMILES string of the molecule is NCCc1cnc2c(Br)cc(Cl)cn12. The van der Waals surface area contributed by atoms with Crippen molar-refractivity contribution in [3.8, 4) is 0 Å².